The minimum atomic E-state index is -0.863. The zero-order valence-electron chi connectivity index (χ0n) is 10.2. The Labute approximate surface area is 108 Å². The third-order valence-corrected chi connectivity index (χ3v) is 2.35. The number of urea groups is 1. The number of oxime groups is 1. The van der Waals surface area contributed by atoms with Crippen LogP contribution in [0.15, 0.2) is 23.4 Å². The molecule has 104 valence electrons. The van der Waals surface area contributed by atoms with Gasteiger partial charge in [0.1, 0.15) is 17.5 Å². The number of anilines is 1. The van der Waals surface area contributed by atoms with Crippen molar-refractivity contribution in [1.29, 1.82) is 0 Å². The van der Waals surface area contributed by atoms with E-state index >= 15 is 0 Å². The molecule has 0 heterocycles. The van der Waals surface area contributed by atoms with E-state index in [0.717, 1.165) is 12.1 Å². The summed E-state index contributed by atoms with van der Waals surface area (Å²) in [5, 5.41) is 13.4. The van der Waals surface area contributed by atoms with E-state index in [2.05, 4.69) is 10.5 Å². The predicted octanol–water partition coefficient (Wildman–Crippen LogP) is 1.56. The van der Waals surface area contributed by atoms with Gasteiger partial charge in [-0.25, -0.2) is 13.6 Å². The molecule has 2 amide bonds. The molecular formula is C11H14F2N4O2. The molecule has 0 bridgehead atoms. The Hall–Kier alpha value is -2.38. The number of amides is 2. The first-order valence-corrected chi connectivity index (χ1v) is 5.37. The number of benzene rings is 1. The predicted molar refractivity (Wildman–Crippen MR) is 66.0 cm³/mol. The highest BCUT2D eigenvalue weighted by atomic mass is 19.1. The lowest BCUT2D eigenvalue weighted by Crippen LogP contribution is -2.34. The van der Waals surface area contributed by atoms with E-state index in [4.69, 9.17) is 10.9 Å². The average molecular weight is 272 g/mol. The molecule has 6 nitrogen and oxygen atoms in total. The number of carbonyl (C=O) groups excluding carboxylic acids is 1. The van der Waals surface area contributed by atoms with Crippen LogP contribution in [0.3, 0.4) is 0 Å². The van der Waals surface area contributed by atoms with Crippen LogP contribution >= 0.6 is 0 Å². The number of hydrogen-bond acceptors (Lipinski definition) is 3. The molecule has 0 radical (unpaired) electrons. The standard InChI is InChI=1S/C11H14F2N4O2/c1-17(5-4-10(14)16-19)11(18)15-9-3-2-7(12)6-8(9)13/h2-3,6,19H,4-5H2,1H3,(H2,14,16)(H,15,18). The fourth-order valence-corrected chi connectivity index (χ4v) is 1.24. The van der Waals surface area contributed by atoms with E-state index in [0.29, 0.717) is 6.07 Å². The fourth-order valence-electron chi connectivity index (χ4n) is 1.24. The third-order valence-electron chi connectivity index (χ3n) is 2.35. The zero-order valence-corrected chi connectivity index (χ0v) is 10.2. The molecule has 19 heavy (non-hydrogen) atoms. The van der Waals surface area contributed by atoms with Crippen molar-refractivity contribution in [1.82, 2.24) is 4.90 Å². The number of nitrogens with one attached hydrogen (secondary N) is 1. The largest absolute Gasteiger partial charge is 0.409 e. The molecular weight excluding hydrogens is 258 g/mol. The quantitative estimate of drug-likeness (QED) is 0.336. The first-order valence-electron chi connectivity index (χ1n) is 5.37. The minimum absolute atomic E-state index is 0.0207. The Morgan fingerprint density at radius 2 is 2.21 bits per heavy atom. The maximum Gasteiger partial charge on any atom is 0.321 e. The van der Waals surface area contributed by atoms with Crippen molar-refractivity contribution < 1.29 is 18.8 Å². The molecule has 0 unspecified atom stereocenters. The van der Waals surface area contributed by atoms with Gasteiger partial charge in [-0.05, 0) is 12.1 Å². The summed E-state index contributed by atoms with van der Waals surface area (Å²) in [6.07, 6.45) is 0.173. The maximum atomic E-state index is 13.3. The van der Waals surface area contributed by atoms with E-state index < -0.39 is 17.7 Å². The normalized spacial score (nSPS) is 11.2. The molecule has 0 aliphatic rings. The van der Waals surface area contributed by atoms with Gasteiger partial charge in [-0.3, -0.25) is 0 Å². The summed E-state index contributed by atoms with van der Waals surface area (Å²) in [5.74, 6) is -1.61. The van der Waals surface area contributed by atoms with Crippen LogP contribution in [0, 0.1) is 11.6 Å². The molecule has 1 rings (SSSR count). The molecule has 0 spiro atoms. The summed E-state index contributed by atoms with van der Waals surface area (Å²) >= 11 is 0. The zero-order chi connectivity index (χ0) is 14.4. The summed E-state index contributed by atoms with van der Waals surface area (Å²) < 4.78 is 26.0. The van der Waals surface area contributed by atoms with Crippen molar-refractivity contribution in [2.45, 2.75) is 6.42 Å². The smallest absolute Gasteiger partial charge is 0.321 e. The van der Waals surface area contributed by atoms with Gasteiger partial charge in [0.2, 0.25) is 0 Å². The number of nitrogens with zero attached hydrogens (tertiary/aromatic N) is 2. The van der Waals surface area contributed by atoms with E-state index in [1.54, 1.807) is 0 Å². The molecule has 0 aliphatic heterocycles. The second-order valence-electron chi connectivity index (χ2n) is 3.82. The van der Waals surface area contributed by atoms with Crippen molar-refractivity contribution in [2.75, 3.05) is 18.9 Å². The highest BCUT2D eigenvalue weighted by molar-refractivity contribution is 5.89. The lowest BCUT2D eigenvalue weighted by molar-refractivity contribution is 0.223. The summed E-state index contributed by atoms with van der Waals surface area (Å²) in [4.78, 5) is 12.9. The second-order valence-corrected chi connectivity index (χ2v) is 3.82. The summed E-state index contributed by atoms with van der Waals surface area (Å²) in [5.41, 5.74) is 5.13. The van der Waals surface area contributed by atoms with E-state index in [1.807, 2.05) is 0 Å². The van der Waals surface area contributed by atoms with Gasteiger partial charge in [0.25, 0.3) is 0 Å². The number of carbonyl (C=O) groups is 1. The van der Waals surface area contributed by atoms with Crippen LogP contribution in [0.5, 0.6) is 0 Å². The van der Waals surface area contributed by atoms with Gasteiger partial charge in [0.15, 0.2) is 0 Å². The minimum Gasteiger partial charge on any atom is -0.409 e. The highest BCUT2D eigenvalue weighted by Crippen LogP contribution is 2.15. The van der Waals surface area contributed by atoms with Crippen molar-refractivity contribution in [3.05, 3.63) is 29.8 Å². The van der Waals surface area contributed by atoms with Crippen molar-refractivity contribution in [2.24, 2.45) is 10.9 Å². The number of hydrogen-bond donors (Lipinski definition) is 3. The van der Waals surface area contributed by atoms with Crippen LogP contribution in [0.1, 0.15) is 6.42 Å². The van der Waals surface area contributed by atoms with Gasteiger partial charge in [-0.1, -0.05) is 5.16 Å². The van der Waals surface area contributed by atoms with Gasteiger partial charge >= 0.3 is 6.03 Å². The van der Waals surface area contributed by atoms with E-state index in [9.17, 15) is 13.6 Å². The van der Waals surface area contributed by atoms with Crippen LogP contribution in [-0.4, -0.2) is 35.6 Å². The highest BCUT2D eigenvalue weighted by Gasteiger charge is 2.12. The van der Waals surface area contributed by atoms with Gasteiger partial charge < -0.3 is 21.2 Å². The van der Waals surface area contributed by atoms with Gasteiger partial charge in [-0.2, -0.15) is 0 Å². The van der Waals surface area contributed by atoms with Gasteiger partial charge in [0.05, 0.1) is 5.69 Å². The van der Waals surface area contributed by atoms with Crippen LogP contribution in [-0.2, 0) is 0 Å². The van der Waals surface area contributed by atoms with E-state index in [1.165, 1.54) is 11.9 Å². The Balaban J connectivity index is 2.59. The fraction of sp³-hybridized carbons (Fsp3) is 0.273. The van der Waals surface area contributed by atoms with Gasteiger partial charge in [0, 0.05) is 26.1 Å². The van der Waals surface area contributed by atoms with Crippen molar-refractivity contribution in [3.8, 4) is 0 Å². The lowest BCUT2D eigenvalue weighted by atomic mass is 10.3. The third kappa shape index (κ3) is 4.41. The number of rotatable bonds is 4. The molecule has 0 fully saturated rings. The second kappa shape index (κ2) is 6.53. The Morgan fingerprint density at radius 1 is 1.53 bits per heavy atom. The molecule has 0 atom stereocenters. The Morgan fingerprint density at radius 3 is 2.79 bits per heavy atom. The Bertz CT molecular complexity index is 494. The molecule has 4 N–H and O–H groups in total. The maximum absolute atomic E-state index is 13.3. The summed E-state index contributed by atoms with van der Waals surface area (Å²) in [6.45, 7) is 0.185. The lowest BCUT2D eigenvalue weighted by Gasteiger charge is -2.17. The molecule has 0 saturated carbocycles. The van der Waals surface area contributed by atoms with E-state index in [-0.39, 0.29) is 24.5 Å². The molecule has 0 saturated heterocycles. The first-order chi connectivity index (χ1) is 8.93. The summed E-state index contributed by atoms with van der Waals surface area (Å²) in [7, 11) is 1.46. The topological polar surface area (TPSA) is 90.9 Å². The Kier molecular flexibility index (Phi) is 5.04. The first kappa shape index (κ1) is 14.7. The molecule has 1 aromatic carbocycles. The number of halogens is 2. The van der Waals surface area contributed by atoms with Gasteiger partial charge in [-0.15, -0.1) is 0 Å². The molecule has 8 heteroatoms. The summed E-state index contributed by atoms with van der Waals surface area (Å²) in [6, 6.07) is 2.25. The monoisotopic (exact) mass is 272 g/mol. The van der Waals surface area contributed by atoms with Crippen molar-refractivity contribution >= 4 is 17.6 Å². The molecule has 1 aromatic rings. The van der Waals surface area contributed by atoms with Crippen molar-refractivity contribution in [3.63, 3.8) is 0 Å². The number of nitrogens with two attached hydrogens (primary N) is 1. The van der Waals surface area contributed by atoms with Crippen LogP contribution in [0.25, 0.3) is 0 Å². The molecule has 0 aromatic heterocycles. The van der Waals surface area contributed by atoms with Crippen LogP contribution in [0.4, 0.5) is 19.3 Å². The molecule has 0 aliphatic carbocycles. The SMILES string of the molecule is CN(CC/C(N)=N/O)C(=O)Nc1ccc(F)cc1F. The van der Waals surface area contributed by atoms with Crippen LogP contribution < -0.4 is 11.1 Å². The average Bonchev–Trinajstić information content (AvgIpc) is 2.38. The number of amidine groups is 1. The van der Waals surface area contributed by atoms with Crippen LogP contribution in [0.2, 0.25) is 0 Å².